The van der Waals surface area contributed by atoms with Crippen LogP contribution in [0.5, 0.6) is 0 Å². The second-order valence-electron chi connectivity index (χ2n) is 7.80. The highest BCUT2D eigenvalue weighted by Crippen LogP contribution is 2.37. The molecule has 27 heavy (non-hydrogen) atoms. The van der Waals surface area contributed by atoms with Crippen LogP contribution in [-0.4, -0.2) is 48.0 Å². The Hall–Kier alpha value is -1.15. The van der Waals surface area contributed by atoms with E-state index in [0.717, 1.165) is 0 Å². The van der Waals surface area contributed by atoms with Crippen molar-refractivity contribution in [2.45, 2.75) is 75.0 Å². The first-order chi connectivity index (χ1) is 12.7. The van der Waals surface area contributed by atoms with Crippen LogP contribution in [0.3, 0.4) is 0 Å². The van der Waals surface area contributed by atoms with E-state index in [-0.39, 0.29) is 22.9 Å². The Morgan fingerprint density at radius 2 is 1.96 bits per heavy atom. The highest BCUT2D eigenvalue weighted by molar-refractivity contribution is 7.89. The van der Waals surface area contributed by atoms with Crippen LogP contribution >= 0.6 is 11.6 Å². The second-order valence-corrected chi connectivity index (χ2v) is 10.0. The SMILES string of the molecule is Cc1c(Cl)cccc1S(=O)(=O)N1CCC[C@]1(C)C(=O)NC1CCC(O)CC1. The van der Waals surface area contributed by atoms with Crippen LogP contribution < -0.4 is 5.32 Å². The molecule has 2 fully saturated rings. The lowest BCUT2D eigenvalue weighted by Crippen LogP contribution is -2.57. The number of aliphatic hydroxyl groups excluding tert-OH is 1. The zero-order valence-electron chi connectivity index (χ0n) is 15.7. The van der Waals surface area contributed by atoms with E-state index in [1.54, 1.807) is 26.0 Å². The smallest absolute Gasteiger partial charge is 0.244 e. The number of nitrogens with one attached hydrogen (secondary N) is 1. The summed E-state index contributed by atoms with van der Waals surface area (Å²) in [6, 6.07) is 4.79. The molecule has 1 aliphatic heterocycles. The molecule has 1 saturated carbocycles. The number of benzene rings is 1. The molecule has 1 amide bonds. The lowest BCUT2D eigenvalue weighted by atomic mass is 9.91. The summed E-state index contributed by atoms with van der Waals surface area (Å²) >= 11 is 6.12. The van der Waals surface area contributed by atoms with Crippen molar-refractivity contribution in [1.82, 2.24) is 9.62 Å². The van der Waals surface area contributed by atoms with Crippen LogP contribution in [-0.2, 0) is 14.8 Å². The maximum absolute atomic E-state index is 13.3. The molecule has 2 aliphatic rings. The number of carbonyl (C=O) groups is 1. The van der Waals surface area contributed by atoms with E-state index in [0.29, 0.717) is 55.7 Å². The van der Waals surface area contributed by atoms with Crippen LogP contribution in [0, 0.1) is 6.92 Å². The maximum atomic E-state index is 13.3. The van der Waals surface area contributed by atoms with Gasteiger partial charge in [-0.1, -0.05) is 17.7 Å². The number of carbonyl (C=O) groups excluding carboxylic acids is 1. The zero-order valence-corrected chi connectivity index (χ0v) is 17.3. The lowest BCUT2D eigenvalue weighted by molar-refractivity contribution is -0.130. The summed E-state index contributed by atoms with van der Waals surface area (Å²) in [6.07, 6.45) is 3.55. The maximum Gasteiger partial charge on any atom is 0.244 e. The molecule has 1 aliphatic carbocycles. The first-order valence-electron chi connectivity index (χ1n) is 9.43. The lowest BCUT2D eigenvalue weighted by Gasteiger charge is -2.36. The van der Waals surface area contributed by atoms with Gasteiger partial charge in [-0.25, -0.2) is 8.42 Å². The van der Waals surface area contributed by atoms with Gasteiger partial charge in [-0.3, -0.25) is 4.79 Å². The number of amides is 1. The molecule has 0 bridgehead atoms. The van der Waals surface area contributed by atoms with E-state index in [9.17, 15) is 18.3 Å². The number of halogens is 1. The van der Waals surface area contributed by atoms with Crippen LogP contribution in [0.25, 0.3) is 0 Å². The standard InChI is InChI=1S/C19H27ClN2O4S/c1-13-16(20)5-3-6-17(13)27(25,26)22-12-4-11-19(22,2)18(24)21-14-7-9-15(23)10-8-14/h3,5-6,14-15,23H,4,7-12H2,1-2H3,(H,21,24)/t14?,15?,19-/m1/s1. The molecule has 1 saturated heterocycles. The van der Waals surface area contributed by atoms with Gasteiger partial charge in [0.05, 0.1) is 11.0 Å². The molecular weight excluding hydrogens is 388 g/mol. The summed E-state index contributed by atoms with van der Waals surface area (Å²) in [5, 5.41) is 13.0. The molecule has 1 atom stereocenters. The first-order valence-corrected chi connectivity index (χ1v) is 11.2. The Bertz CT molecular complexity index is 821. The number of hydrogen-bond donors (Lipinski definition) is 2. The second kappa shape index (κ2) is 7.70. The molecule has 150 valence electrons. The number of aliphatic hydroxyl groups is 1. The molecule has 0 spiro atoms. The average molecular weight is 415 g/mol. The van der Waals surface area contributed by atoms with Crippen LogP contribution in [0.2, 0.25) is 5.02 Å². The molecule has 1 aromatic rings. The van der Waals surface area contributed by atoms with Gasteiger partial charge in [0.15, 0.2) is 0 Å². The molecule has 8 heteroatoms. The van der Waals surface area contributed by atoms with Gasteiger partial charge < -0.3 is 10.4 Å². The molecule has 0 unspecified atom stereocenters. The van der Waals surface area contributed by atoms with Gasteiger partial charge in [-0.15, -0.1) is 0 Å². The Labute approximate surface area is 165 Å². The van der Waals surface area contributed by atoms with Crippen LogP contribution in [0.15, 0.2) is 23.1 Å². The zero-order chi connectivity index (χ0) is 19.8. The van der Waals surface area contributed by atoms with Gasteiger partial charge in [-0.2, -0.15) is 4.31 Å². The highest BCUT2D eigenvalue weighted by atomic mass is 35.5. The van der Waals surface area contributed by atoms with Crippen molar-refractivity contribution in [3.8, 4) is 0 Å². The third kappa shape index (κ3) is 3.88. The van der Waals surface area contributed by atoms with E-state index >= 15 is 0 Å². The third-order valence-electron chi connectivity index (χ3n) is 5.88. The summed E-state index contributed by atoms with van der Waals surface area (Å²) in [5.41, 5.74) is -0.626. The fourth-order valence-electron chi connectivity index (χ4n) is 4.10. The Morgan fingerprint density at radius 1 is 1.30 bits per heavy atom. The number of rotatable bonds is 4. The predicted octanol–water partition coefficient (Wildman–Crippen LogP) is 2.61. The van der Waals surface area contributed by atoms with Crippen molar-refractivity contribution in [2.75, 3.05) is 6.54 Å². The highest BCUT2D eigenvalue weighted by Gasteiger charge is 2.50. The Morgan fingerprint density at radius 3 is 2.63 bits per heavy atom. The Balaban J connectivity index is 1.84. The average Bonchev–Trinajstić information content (AvgIpc) is 3.03. The summed E-state index contributed by atoms with van der Waals surface area (Å²) in [5.74, 6) is -0.260. The van der Waals surface area contributed by atoms with Crippen molar-refractivity contribution in [3.05, 3.63) is 28.8 Å². The van der Waals surface area contributed by atoms with E-state index in [1.165, 1.54) is 10.4 Å². The van der Waals surface area contributed by atoms with Gasteiger partial charge in [-0.05, 0) is 70.1 Å². The molecule has 1 heterocycles. The van der Waals surface area contributed by atoms with E-state index in [4.69, 9.17) is 11.6 Å². The van der Waals surface area contributed by atoms with Crippen molar-refractivity contribution in [1.29, 1.82) is 0 Å². The first kappa shape index (κ1) is 20.6. The monoisotopic (exact) mass is 414 g/mol. The fraction of sp³-hybridized carbons (Fsp3) is 0.632. The Kier molecular flexibility index (Phi) is 5.87. The molecule has 3 rings (SSSR count). The number of hydrogen-bond acceptors (Lipinski definition) is 4. The minimum absolute atomic E-state index is 0.0178. The molecule has 0 radical (unpaired) electrons. The molecular formula is C19H27ClN2O4S. The fourth-order valence-corrected chi connectivity index (χ4v) is 6.39. The summed E-state index contributed by atoms with van der Waals surface area (Å²) in [4.78, 5) is 13.2. The summed E-state index contributed by atoms with van der Waals surface area (Å²) in [6.45, 7) is 3.68. The molecule has 0 aromatic heterocycles. The third-order valence-corrected chi connectivity index (χ3v) is 8.46. The quantitative estimate of drug-likeness (QED) is 0.792. The normalized spacial score (nSPS) is 29.6. The molecule has 2 N–H and O–H groups in total. The molecule has 6 nitrogen and oxygen atoms in total. The van der Waals surface area contributed by atoms with Crippen LogP contribution in [0.1, 0.15) is 51.0 Å². The number of sulfonamides is 1. The number of nitrogens with zero attached hydrogens (tertiary/aromatic N) is 1. The van der Waals surface area contributed by atoms with Crippen molar-refractivity contribution in [2.24, 2.45) is 0 Å². The van der Waals surface area contributed by atoms with Crippen molar-refractivity contribution >= 4 is 27.5 Å². The van der Waals surface area contributed by atoms with Crippen molar-refractivity contribution < 1.29 is 18.3 Å². The van der Waals surface area contributed by atoms with Gasteiger partial charge in [0.2, 0.25) is 15.9 Å². The van der Waals surface area contributed by atoms with E-state index < -0.39 is 15.6 Å². The van der Waals surface area contributed by atoms with Crippen molar-refractivity contribution in [3.63, 3.8) is 0 Å². The summed E-state index contributed by atoms with van der Waals surface area (Å²) in [7, 11) is -3.85. The van der Waals surface area contributed by atoms with Gasteiger partial charge in [0, 0.05) is 17.6 Å². The predicted molar refractivity (Wildman–Crippen MR) is 104 cm³/mol. The summed E-state index contributed by atoms with van der Waals surface area (Å²) < 4.78 is 28.0. The minimum atomic E-state index is -3.85. The van der Waals surface area contributed by atoms with E-state index in [2.05, 4.69) is 5.32 Å². The van der Waals surface area contributed by atoms with Crippen LogP contribution in [0.4, 0.5) is 0 Å². The molecule has 1 aromatic carbocycles. The van der Waals surface area contributed by atoms with E-state index in [1.807, 2.05) is 0 Å². The van der Waals surface area contributed by atoms with Gasteiger partial charge in [0.25, 0.3) is 0 Å². The largest absolute Gasteiger partial charge is 0.393 e. The van der Waals surface area contributed by atoms with Gasteiger partial charge in [0.1, 0.15) is 5.54 Å². The van der Waals surface area contributed by atoms with Gasteiger partial charge >= 0.3 is 0 Å². The topological polar surface area (TPSA) is 86.7 Å². The minimum Gasteiger partial charge on any atom is -0.393 e.